The van der Waals surface area contributed by atoms with Crippen molar-refractivity contribution in [3.63, 3.8) is 0 Å². The SMILES string of the molecule is COc1ccc(CCC(=O)NCc2nc(-c3cccs3)no2)cc1OC. The van der Waals surface area contributed by atoms with E-state index in [9.17, 15) is 4.79 Å². The zero-order chi connectivity index (χ0) is 18.4. The van der Waals surface area contributed by atoms with E-state index >= 15 is 0 Å². The van der Waals surface area contributed by atoms with Crippen LogP contribution < -0.4 is 14.8 Å². The van der Waals surface area contributed by atoms with E-state index in [0.717, 1.165) is 10.4 Å². The Labute approximate surface area is 154 Å². The molecule has 3 rings (SSSR count). The van der Waals surface area contributed by atoms with Gasteiger partial charge in [0.15, 0.2) is 11.5 Å². The lowest BCUT2D eigenvalue weighted by atomic mass is 10.1. The molecule has 0 atom stereocenters. The number of methoxy groups -OCH3 is 2. The predicted molar refractivity (Wildman–Crippen MR) is 97.3 cm³/mol. The number of hydrogen-bond donors (Lipinski definition) is 1. The normalized spacial score (nSPS) is 10.5. The number of benzene rings is 1. The standard InChI is InChI=1S/C18H19N3O4S/c1-23-13-7-5-12(10-14(13)24-2)6-8-16(22)19-11-17-20-18(21-25-17)15-4-3-9-26-15/h3-5,7,9-10H,6,8,11H2,1-2H3,(H,19,22). The summed E-state index contributed by atoms with van der Waals surface area (Å²) in [5.41, 5.74) is 0.996. The average Bonchev–Trinajstić information content (AvgIpc) is 3.35. The molecule has 0 bridgehead atoms. The topological polar surface area (TPSA) is 86.5 Å². The molecule has 1 N–H and O–H groups in total. The summed E-state index contributed by atoms with van der Waals surface area (Å²) in [6, 6.07) is 9.46. The number of amides is 1. The van der Waals surface area contributed by atoms with Crippen molar-refractivity contribution in [3.8, 4) is 22.2 Å². The summed E-state index contributed by atoms with van der Waals surface area (Å²) in [5, 5.41) is 8.65. The first-order valence-electron chi connectivity index (χ1n) is 8.03. The van der Waals surface area contributed by atoms with Crippen molar-refractivity contribution in [2.75, 3.05) is 14.2 Å². The molecule has 8 heteroatoms. The van der Waals surface area contributed by atoms with Gasteiger partial charge in [-0.15, -0.1) is 11.3 Å². The fourth-order valence-electron chi connectivity index (χ4n) is 2.39. The summed E-state index contributed by atoms with van der Waals surface area (Å²) in [4.78, 5) is 17.3. The van der Waals surface area contributed by atoms with Crippen LogP contribution in [0.25, 0.3) is 10.7 Å². The van der Waals surface area contributed by atoms with Crippen LogP contribution in [0, 0.1) is 0 Å². The summed E-state index contributed by atoms with van der Waals surface area (Å²) in [5.74, 6) is 2.15. The molecule has 2 aromatic heterocycles. The quantitative estimate of drug-likeness (QED) is 0.653. The maximum Gasteiger partial charge on any atom is 0.246 e. The van der Waals surface area contributed by atoms with Crippen molar-refractivity contribution in [2.24, 2.45) is 0 Å². The number of ether oxygens (including phenoxy) is 2. The molecule has 0 fully saturated rings. The summed E-state index contributed by atoms with van der Waals surface area (Å²) in [6.45, 7) is 0.211. The zero-order valence-electron chi connectivity index (χ0n) is 14.5. The maximum absolute atomic E-state index is 12.0. The third-order valence-corrected chi connectivity index (χ3v) is 4.60. The molecule has 1 aromatic carbocycles. The number of thiophene rings is 1. The van der Waals surface area contributed by atoms with Gasteiger partial charge in [0.25, 0.3) is 0 Å². The number of nitrogens with one attached hydrogen (secondary N) is 1. The lowest BCUT2D eigenvalue weighted by Crippen LogP contribution is -2.23. The number of carbonyl (C=O) groups is 1. The number of aryl methyl sites for hydroxylation is 1. The second-order valence-electron chi connectivity index (χ2n) is 5.46. The number of rotatable bonds is 8. The Bertz CT molecular complexity index is 861. The molecule has 26 heavy (non-hydrogen) atoms. The first-order chi connectivity index (χ1) is 12.7. The van der Waals surface area contributed by atoms with E-state index in [1.807, 2.05) is 35.7 Å². The van der Waals surface area contributed by atoms with Gasteiger partial charge < -0.3 is 19.3 Å². The van der Waals surface area contributed by atoms with Crippen molar-refractivity contribution in [1.29, 1.82) is 0 Å². The second-order valence-corrected chi connectivity index (χ2v) is 6.40. The van der Waals surface area contributed by atoms with Crippen LogP contribution in [0.1, 0.15) is 17.9 Å². The van der Waals surface area contributed by atoms with E-state index in [-0.39, 0.29) is 12.5 Å². The van der Waals surface area contributed by atoms with Gasteiger partial charge in [0.1, 0.15) is 0 Å². The van der Waals surface area contributed by atoms with Gasteiger partial charge in [-0.1, -0.05) is 17.3 Å². The van der Waals surface area contributed by atoms with Gasteiger partial charge in [0.2, 0.25) is 17.6 Å². The molecule has 0 saturated heterocycles. The van der Waals surface area contributed by atoms with Crippen molar-refractivity contribution < 1.29 is 18.8 Å². The Kier molecular flexibility index (Phi) is 5.85. The molecule has 3 aromatic rings. The third-order valence-electron chi connectivity index (χ3n) is 3.74. The molecule has 0 aliphatic heterocycles. The Morgan fingerprint density at radius 3 is 2.81 bits per heavy atom. The molecule has 0 saturated carbocycles. The molecule has 2 heterocycles. The van der Waals surface area contributed by atoms with Crippen LogP contribution in [0.5, 0.6) is 11.5 Å². The molecule has 0 aliphatic rings. The maximum atomic E-state index is 12.0. The highest BCUT2D eigenvalue weighted by Gasteiger charge is 2.11. The molecule has 7 nitrogen and oxygen atoms in total. The molecule has 0 unspecified atom stereocenters. The molecule has 136 valence electrons. The highest BCUT2D eigenvalue weighted by Crippen LogP contribution is 2.28. The van der Waals surface area contributed by atoms with E-state index in [0.29, 0.717) is 36.1 Å². The van der Waals surface area contributed by atoms with Gasteiger partial charge in [-0.05, 0) is 35.6 Å². The van der Waals surface area contributed by atoms with E-state index in [1.54, 1.807) is 14.2 Å². The number of hydrogen-bond acceptors (Lipinski definition) is 7. The number of aromatic nitrogens is 2. The van der Waals surface area contributed by atoms with Gasteiger partial charge in [-0.25, -0.2) is 0 Å². The van der Waals surface area contributed by atoms with Crippen molar-refractivity contribution >= 4 is 17.2 Å². The van der Waals surface area contributed by atoms with Crippen LogP contribution in [-0.4, -0.2) is 30.3 Å². The van der Waals surface area contributed by atoms with Crippen molar-refractivity contribution in [3.05, 3.63) is 47.2 Å². The van der Waals surface area contributed by atoms with Crippen molar-refractivity contribution in [1.82, 2.24) is 15.5 Å². The van der Waals surface area contributed by atoms with Crippen LogP contribution in [0.4, 0.5) is 0 Å². The molecule has 0 spiro atoms. The van der Waals surface area contributed by atoms with Crippen LogP contribution in [0.3, 0.4) is 0 Å². The summed E-state index contributed by atoms with van der Waals surface area (Å²) < 4.78 is 15.6. The van der Waals surface area contributed by atoms with Gasteiger partial charge in [0, 0.05) is 6.42 Å². The van der Waals surface area contributed by atoms with Gasteiger partial charge in [-0.3, -0.25) is 4.79 Å². The first kappa shape index (κ1) is 17.9. The van der Waals surface area contributed by atoms with Crippen LogP contribution in [0.2, 0.25) is 0 Å². The van der Waals surface area contributed by atoms with E-state index in [4.69, 9.17) is 14.0 Å². The lowest BCUT2D eigenvalue weighted by molar-refractivity contribution is -0.121. The Balaban J connectivity index is 1.49. The smallest absolute Gasteiger partial charge is 0.246 e. The minimum Gasteiger partial charge on any atom is -0.493 e. The Morgan fingerprint density at radius 1 is 1.23 bits per heavy atom. The van der Waals surface area contributed by atoms with Gasteiger partial charge >= 0.3 is 0 Å². The molecule has 0 aliphatic carbocycles. The summed E-state index contributed by atoms with van der Waals surface area (Å²) in [6.07, 6.45) is 0.942. The van der Waals surface area contributed by atoms with E-state index in [2.05, 4.69) is 15.5 Å². The summed E-state index contributed by atoms with van der Waals surface area (Å²) >= 11 is 1.53. The monoisotopic (exact) mass is 373 g/mol. The highest BCUT2D eigenvalue weighted by molar-refractivity contribution is 7.13. The fourth-order valence-corrected chi connectivity index (χ4v) is 3.04. The second kappa shape index (κ2) is 8.48. The van der Waals surface area contributed by atoms with E-state index < -0.39 is 0 Å². The molecular formula is C18H19N3O4S. The first-order valence-corrected chi connectivity index (χ1v) is 8.91. The van der Waals surface area contributed by atoms with E-state index in [1.165, 1.54) is 11.3 Å². The fraction of sp³-hybridized carbons (Fsp3) is 0.278. The minimum atomic E-state index is -0.0874. The largest absolute Gasteiger partial charge is 0.493 e. The summed E-state index contributed by atoms with van der Waals surface area (Å²) in [7, 11) is 3.18. The molecule has 0 radical (unpaired) electrons. The van der Waals surface area contributed by atoms with Gasteiger partial charge in [0.05, 0.1) is 25.6 Å². The zero-order valence-corrected chi connectivity index (χ0v) is 15.3. The minimum absolute atomic E-state index is 0.0874. The number of carbonyl (C=O) groups excluding carboxylic acids is 1. The average molecular weight is 373 g/mol. The Hall–Kier alpha value is -2.87. The van der Waals surface area contributed by atoms with Gasteiger partial charge in [-0.2, -0.15) is 4.98 Å². The lowest BCUT2D eigenvalue weighted by Gasteiger charge is -2.09. The molecular weight excluding hydrogens is 354 g/mol. The third kappa shape index (κ3) is 4.40. The molecule has 1 amide bonds. The predicted octanol–water partition coefficient (Wildman–Crippen LogP) is 3.06. The van der Waals surface area contributed by atoms with Crippen LogP contribution in [-0.2, 0) is 17.8 Å². The van der Waals surface area contributed by atoms with Crippen molar-refractivity contribution in [2.45, 2.75) is 19.4 Å². The van der Waals surface area contributed by atoms with Crippen LogP contribution >= 0.6 is 11.3 Å². The number of nitrogens with zero attached hydrogens (tertiary/aromatic N) is 2. The highest BCUT2D eigenvalue weighted by atomic mass is 32.1. The van der Waals surface area contributed by atoms with Crippen LogP contribution in [0.15, 0.2) is 40.2 Å². The Morgan fingerprint density at radius 2 is 2.08 bits per heavy atom.